The fraction of sp³-hybridized carbons (Fsp3) is 0.0667. The monoisotopic (exact) mass is 477 g/mol. The molecule has 0 spiro atoms. The molecule has 0 radical (unpaired) electrons. The van der Waals surface area contributed by atoms with Crippen LogP contribution in [0, 0.1) is 0 Å². The van der Waals surface area contributed by atoms with Gasteiger partial charge in [0.25, 0.3) is 5.91 Å². The minimum Gasteiger partial charge on any atom is -0.374 e. The number of hydrogen-bond donors (Lipinski definition) is 2. The number of nitrogens with zero attached hydrogens (tertiary/aromatic N) is 1. The van der Waals surface area contributed by atoms with Crippen molar-refractivity contribution in [3.8, 4) is 0 Å². The second-order valence-electron chi connectivity index (χ2n) is 4.44. The van der Waals surface area contributed by atoms with Crippen LogP contribution in [0.4, 0.5) is 5.69 Å². The van der Waals surface area contributed by atoms with Crippen LogP contribution >= 0.6 is 55.1 Å². The summed E-state index contributed by atoms with van der Waals surface area (Å²) in [4.78, 5) is 11.8. The topological polar surface area (TPSA) is 53.5 Å². The lowest BCUT2D eigenvalue weighted by Crippen LogP contribution is -2.26. The Morgan fingerprint density at radius 1 is 1.09 bits per heavy atom. The molecule has 4 nitrogen and oxygen atoms in total. The van der Waals surface area contributed by atoms with Crippen LogP contribution in [0.25, 0.3) is 0 Å². The fourth-order valence-electron chi connectivity index (χ4n) is 1.65. The number of hydrogen-bond acceptors (Lipinski definition) is 3. The molecule has 0 saturated heterocycles. The smallest absolute Gasteiger partial charge is 0.259 e. The Hall–Kier alpha value is -1.08. The SMILES string of the molecule is O=C(CNc1c(Br)cc(Cl)cc1Br)N/N=C/c1ccc(Cl)cc1. The van der Waals surface area contributed by atoms with Gasteiger partial charge < -0.3 is 5.32 Å². The Bertz CT molecular complexity index is 713. The van der Waals surface area contributed by atoms with Gasteiger partial charge in [0.2, 0.25) is 0 Å². The highest BCUT2D eigenvalue weighted by Crippen LogP contribution is 2.33. The van der Waals surface area contributed by atoms with Gasteiger partial charge in [0, 0.05) is 19.0 Å². The average Bonchev–Trinajstić information content (AvgIpc) is 2.48. The van der Waals surface area contributed by atoms with Crippen molar-refractivity contribution in [2.45, 2.75) is 0 Å². The first-order valence-electron chi connectivity index (χ1n) is 6.41. The van der Waals surface area contributed by atoms with E-state index < -0.39 is 0 Å². The van der Waals surface area contributed by atoms with Gasteiger partial charge in [-0.15, -0.1) is 0 Å². The summed E-state index contributed by atoms with van der Waals surface area (Å²) in [5, 5.41) is 8.14. The maximum Gasteiger partial charge on any atom is 0.259 e. The zero-order valence-electron chi connectivity index (χ0n) is 11.6. The van der Waals surface area contributed by atoms with E-state index >= 15 is 0 Å². The predicted octanol–water partition coefficient (Wildman–Crippen LogP) is 5.08. The van der Waals surface area contributed by atoms with Gasteiger partial charge in [-0.3, -0.25) is 4.79 Å². The van der Waals surface area contributed by atoms with E-state index in [1.807, 2.05) is 0 Å². The number of rotatable bonds is 5. The molecule has 2 N–H and O–H groups in total. The van der Waals surface area contributed by atoms with Gasteiger partial charge in [-0.2, -0.15) is 5.10 Å². The van der Waals surface area contributed by atoms with Crippen LogP contribution in [0.5, 0.6) is 0 Å². The molecule has 0 heterocycles. The third kappa shape index (κ3) is 5.80. The first-order chi connectivity index (χ1) is 11.0. The van der Waals surface area contributed by atoms with E-state index in [1.165, 1.54) is 0 Å². The molecular formula is C15H11Br2Cl2N3O. The minimum atomic E-state index is -0.274. The summed E-state index contributed by atoms with van der Waals surface area (Å²) in [7, 11) is 0. The molecule has 2 aromatic carbocycles. The largest absolute Gasteiger partial charge is 0.374 e. The van der Waals surface area contributed by atoms with Gasteiger partial charge in [0.1, 0.15) is 0 Å². The van der Waals surface area contributed by atoms with Crippen molar-refractivity contribution >= 4 is 72.9 Å². The zero-order chi connectivity index (χ0) is 16.8. The number of carbonyl (C=O) groups is 1. The van der Waals surface area contributed by atoms with Gasteiger partial charge in [-0.25, -0.2) is 5.43 Å². The first-order valence-corrected chi connectivity index (χ1v) is 8.76. The molecule has 2 aromatic rings. The summed E-state index contributed by atoms with van der Waals surface area (Å²) in [6.07, 6.45) is 1.54. The van der Waals surface area contributed by atoms with Crippen LogP contribution in [0.3, 0.4) is 0 Å². The van der Waals surface area contributed by atoms with Crippen molar-refractivity contribution in [1.29, 1.82) is 0 Å². The molecule has 23 heavy (non-hydrogen) atoms. The van der Waals surface area contributed by atoms with E-state index in [4.69, 9.17) is 23.2 Å². The standard InChI is InChI=1S/C15H11Br2Cl2N3O/c16-12-5-11(19)6-13(17)15(12)20-8-14(23)22-21-7-9-1-3-10(18)4-2-9/h1-7,20H,8H2,(H,22,23)/b21-7+. The molecule has 0 aliphatic heterocycles. The Morgan fingerprint density at radius 3 is 2.30 bits per heavy atom. The third-order valence-electron chi connectivity index (χ3n) is 2.71. The van der Waals surface area contributed by atoms with E-state index in [0.717, 1.165) is 20.2 Å². The predicted molar refractivity (Wildman–Crippen MR) is 103 cm³/mol. The minimum absolute atomic E-state index is 0.0663. The lowest BCUT2D eigenvalue weighted by Gasteiger charge is -2.10. The maximum absolute atomic E-state index is 11.8. The number of hydrazone groups is 1. The van der Waals surface area contributed by atoms with E-state index in [1.54, 1.807) is 42.6 Å². The quantitative estimate of drug-likeness (QED) is 0.464. The highest BCUT2D eigenvalue weighted by Gasteiger charge is 2.08. The van der Waals surface area contributed by atoms with Gasteiger partial charge in [0.05, 0.1) is 18.4 Å². The number of nitrogens with one attached hydrogen (secondary N) is 2. The normalized spacial score (nSPS) is 10.8. The van der Waals surface area contributed by atoms with Crippen LogP contribution in [0.1, 0.15) is 5.56 Å². The molecule has 0 atom stereocenters. The van der Waals surface area contributed by atoms with Crippen LogP contribution in [0.2, 0.25) is 10.0 Å². The molecular weight excluding hydrogens is 469 g/mol. The highest BCUT2D eigenvalue weighted by molar-refractivity contribution is 9.11. The van der Waals surface area contributed by atoms with Crippen LogP contribution < -0.4 is 10.7 Å². The van der Waals surface area contributed by atoms with E-state index in [2.05, 4.69) is 47.7 Å². The Labute approximate surface area is 160 Å². The van der Waals surface area contributed by atoms with E-state index in [-0.39, 0.29) is 12.5 Å². The van der Waals surface area contributed by atoms with Crippen LogP contribution in [-0.4, -0.2) is 18.7 Å². The van der Waals surface area contributed by atoms with Gasteiger partial charge in [-0.1, -0.05) is 35.3 Å². The van der Waals surface area contributed by atoms with E-state index in [0.29, 0.717) is 10.0 Å². The summed E-state index contributed by atoms with van der Waals surface area (Å²) in [5.41, 5.74) is 4.03. The number of amides is 1. The van der Waals surface area contributed by atoms with Gasteiger partial charge >= 0.3 is 0 Å². The number of halogens is 4. The first kappa shape index (κ1) is 18.3. The Balaban J connectivity index is 1.87. The molecule has 2 rings (SSSR count). The molecule has 0 saturated carbocycles. The van der Waals surface area contributed by atoms with Crippen molar-refractivity contribution in [3.63, 3.8) is 0 Å². The van der Waals surface area contributed by atoms with Crippen molar-refractivity contribution in [3.05, 3.63) is 61.0 Å². The molecule has 120 valence electrons. The summed E-state index contributed by atoms with van der Waals surface area (Å²) in [5.74, 6) is -0.274. The number of carbonyl (C=O) groups excluding carboxylic acids is 1. The molecule has 8 heteroatoms. The van der Waals surface area contributed by atoms with Gasteiger partial charge in [-0.05, 0) is 61.7 Å². The molecule has 0 aromatic heterocycles. The molecule has 0 bridgehead atoms. The maximum atomic E-state index is 11.8. The van der Waals surface area contributed by atoms with Gasteiger partial charge in [0.15, 0.2) is 0 Å². The zero-order valence-corrected chi connectivity index (χ0v) is 16.3. The third-order valence-corrected chi connectivity index (χ3v) is 4.43. The lowest BCUT2D eigenvalue weighted by molar-refractivity contribution is -0.119. The average molecular weight is 480 g/mol. The molecule has 0 aliphatic carbocycles. The van der Waals surface area contributed by atoms with Crippen LogP contribution in [0.15, 0.2) is 50.4 Å². The van der Waals surface area contributed by atoms with E-state index in [9.17, 15) is 4.79 Å². The summed E-state index contributed by atoms with van der Waals surface area (Å²) >= 11 is 18.5. The number of anilines is 1. The molecule has 0 unspecified atom stereocenters. The number of benzene rings is 2. The summed E-state index contributed by atoms with van der Waals surface area (Å²) in [6.45, 7) is 0.0663. The molecule has 0 aliphatic rings. The lowest BCUT2D eigenvalue weighted by atomic mass is 10.2. The van der Waals surface area contributed by atoms with Crippen molar-refractivity contribution in [2.24, 2.45) is 5.10 Å². The van der Waals surface area contributed by atoms with Crippen LogP contribution in [-0.2, 0) is 4.79 Å². The highest BCUT2D eigenvalue weighted by atomic mass is 79.9. The van der Waals surface area contributed by atoms with Crippen molar-refractivity contribution in [1.82, 2.24) is 5.43 Å². The summed E-state index contributed by atoms with van der Waals surface area (Å²) < 4.78 is 1.52. The Morgan fingerprint density at radius 2 is 1.70 bits per heavy atom. The van der Waals surface area contributed by atoms with Crippen molar-refractivity contribution < 1.29 is 4.79 Å². The fourth-order valence-corrected chi connectivity index (χ4v) is 3.72. The molecule has 0 fully saturated rings. The Kier molecular flexibility index (Phi) is 6.89. The molecule has 1 amide bonds. The summed E-state index contributed by atoms with van der Waals surface area (Å²) in [6, 6.07) is 10.6. The second kappa shape index (κ2) is 8.68. The second-order valence-corrected chi connectivity index (χ2v) is 7.02. The van der Waals surface area contributed by atoms with Crippen molar-refractivity contribution in [2.75, 3.05) is 11.9 Å².